The number of aromatic carboxylic acids is 1. The van der Waals surface area contributed by atoms with Crippen LogP contribution in [-0.4, -0.2) is 17.9 Å². The molecule has 2 aromatic carbocycles. The molecule has 0 atom stereocenters. The van der Waals surface area contributed by atoms with Gasteiger partial charge < -0.3 is 19.0 Å². The van der Waals surface area contributed by atoms with Crippen LogP contribution in [0.25, 0.3) is 22.6 Å². The number of rotatable bonds is 2. The molecule has 1 aliphatic carbocycles. The van der Waals surface area contributed by atoms with Gasteiger partial charge in [0.2, 0.25) is 6.79 Å². The highest BCUT2D eigenvalue weighted by molar-refractivity contribution is 5.94. The average molecular weight is 362 g/mol. The molecular formula is C21H14O6. The van der Waals surface area contributed by atoms with Crippen LogP contribution in [0.15, 0.2) is 45.6 Å². The second kappa shape index (κ2) is 5.74. The van der Waals surface area contributed by atoms with Crippen molar-refractivity contribution in [1.29, 1.82) is 0 Å². The fraction of sp³-hybridized carbons (Fsp3) is 0.143. The van der Waals surface area contributed by atoms with E-state index in [1.165, 1.54) is 18.2 Å². The third-order valence-electron chi connectivity index (χ3n) is 4.90. The Labute approximate surface area is 153 Å². The molecule has 0 fully saturated rings. The molecule has 0 saturated heterocycles. The van der Waals surface area contributed by atoms with E-state index in [4.69, 9.17) is 19.0 Å². The van der Waals surface area contributed by atoms with E-state index in [-0.39, 0.29) is 17.8 Å². The van der Waals surface area contributed by atoms with E-state index in [9.17, 15) is 9.59 Å². The van der Waals surface area contributed by atoms with Gasteiger partial charge in [-0.1, -0.05) is 6.07 Å². The molecule has 0 amide bonds. The Bertz CT molecular complexity index is 1200. The second-order valence-corrected chi connectivity index (χ2v) is 6.54. The topological polar surface area (TPSA) is 86.0 Å². The number of carboxylic acid groups (broad SMARTS) is 1. The van der Waals surface area contributed by atoms with Crippen LogP contribution in [-0.2, 0) is 6.42 Å². The molecule has 0 bridgehead atoms. The van der Waals surface area contributed by atoms with Crippen LogP contribution >= 0.6 is 0 Å². The quantitative estimate of drug-likeness (QED) is 0.748. The molecule has 0 spiro atoms. The largest absolute Gasteiger partial charge is 0.478 e. The molecule has 1 N–H and O–H groups in total. The van der Waals surface area contributed by atoms with E-state index in [0.717, 1.165) is 16.9 Å². The maximum Gasteiger partial charge on any atom is 0.335 e. The summed E-state index contributed by atoms with van der Waals surface area (Å²) < 4.78 is 16.7. The van der Waals surface area contributed by atoms with Gasteiger partial charge in [-0.05, 0) is 60.4 Å². The van der Waals surface area contributed by atoms with Crippen LogP contribution in [0.3, 0.4) is 0 Å². The molecule has 0 saturated carbocycles. The fourth-order valence-electron chi connectivity index (χ4n) is 3.57. The summed E-state index contributed by atoms with van der Waals surface area (Å²) in [6.07, 6.45) is 3.24. The van der Waals surface area contributed by atoms with Crippen molar-refractivity contribution < 1.29 is 23.8 Å². The minimum absolute atomic E-state index is 0.0730. The predicted molar refractivity (Wildman–Crippen MR) is 98.2 cm³/mol. The van der Waals surface area contributed by atoms with Gasteiger partial charge in [-0.15, -0.1) is 0 Å². The Morgan fingerprint density at radius 3 is 2.74 bits per heavy atom. The monoisotopic (exact) mass is 362 g/mol. The number of hydrogen-bond donors (Lipinski definition) is 1. The number of carboxylic acids is 1. The van der Waals surface area contributed by atoms with E-state index < -0.39 is 5.97 Å². The Morgan fingerprint density at radius 1 is 1.04 bits per heavy atom. The number of allylic oxidation sites excluding steroid dienone is 1. The molecule has 0 radical (unpaired) electrons. The fourth-order valence-corrected chi connectivity index (χ4v) is 3.57. The van der Waals surface area contributed by atoms with Gasteiger partial charge in [0, 0.05) is 5.56 Å². The highest BCUT2D eigenvalue weighted by Gasteiger charge is 2.24. The molecular weight excluding hydrogens is 348 g/mol. The normalized spacial score (nSPS) is 16.1. The maximum atomic E-state index is 12.8. The first kappa shape index (κ1) is 15.7. The van der Waals surface area contributed by atoms with E-state index in [1.807, 2.05) is 24.3 Å². The Morgan fingerprint density at radius 2 is 1.89 bits per heavy atom. The highest BCUT2D eigenvalue weighted by Crippen LogP contribution is 2.37. The van der Waals surface area contributed by atoms with Crippen molar-refractivity contribution in [2.75, 3.05) is 6.79 Å². The number of carbonyl (C=O) groups is 1. The van der Waals surface area contributed by atoms with Crippen molar-refractivity contribution in [2.45, 2.75) is 12.8 Å². The molecule has 0 unspecified atom stereocenters. The molecule has 2 heterocycles. The van der Waals surface area contributed by atoms with Crippen molar-refractivity contribution in [3.8, 4) is 11.5 Å². The summed E-state index contributed by atoms with van der Waals surface area (Å²) >= 11 is 0. The van der Waals surface area contributed by atoms with Crippen molar-refractivity contribution in [2.24, 2.45) is 0 Å². The third-order valence-corrected chi connectivity index (χ3v) is 4.90. The molecule has 1 aromatic heterocycles. The lowest BCUT2D eigenvalue weighted by atomic mass is 10.1. The summed E-state index contributed by atoms with van der Waals surface area (Å²) in [6.45, 7) is 0.220. The summed E-state index contributed by atoms with van der Waals surface area (Å²) in [5.74, 6) is 0.924. The van der Waals surface area contributed by atoms with Gasteiger partial charge >= 0.3 is 5.97 Å². The van der Waals surface area contributed by atoms with Gasteiger partial charge in [-0.2, -0.15) is 0 Å². The van der Waals surface area contributed by atoms with Gasteiger partial charge in [0.1, 0.15) is 11.3 Å². The average Bonchev–Trinajstić information content (AvgIpc) is 3.28. The molecule has 2 aliphatic rings. The highest BCUT2D eigenvalue weighted by atomic mass is 16.7. The number of ether oxygens (including phenoxy) is 2. The minimum atomic E-state index is -1.07. The lowest BCUT2D eigenvalue weighted by Gasteiger charge is -2.05. The van der Waals surface area contributed by atoms with E-state index in [1.54, 1.807) is 0 Å². The molecule has 6 nitrogen and oxygen atoms in total. The van der Waals surface area contributed by atoms with Crippen LogP contribution < -0.4 is 14.9 Å². The molecule has 1 aliphatic heterocycles. The molecule has 27 heavy (non-hydrogen) atoms. The van der Waals surface area contributed by atoms with Gasteiger partial charge in [-0.3, -0.25) is 4.79 Å². The lowest BCUT2D eigenvalue weighted by molar-refractivity contribution is 0.0697. The summed E-state index contributed by atoms with van der Waals surface area (Å²) in [6, 6.07) is 10.0. The minimum Gasteiger partial charge on any atom is -0.478 e. The Balaban J connectivity index is 1.62. The first-order chi connectivity index (χ1) is 13.1. The molecule has 5 rings (SSSR count). The zero-order chi connectivity index (χ0) is 18.5. The van der Waals surface area contributed by atoms with Crippen molar-refractivity contribution >= 4 is 28.6 Å². The second-order valence-electron chi connectivity index (χ2n) is 6.54. The van der Waals surface area contributed by atoms with Crippen LogP contribution in [0, 0.1) is 0 Å². The Kier molecular flexibility index (Phi) is 3.33. The van der Waals surface area contributed by atoms with Crippen LogP contribution in [0.1, 0.15) is 33.7 Å². The lowest BCUT2D eigenvalue weighted by Crippen LogP contribution is -2.09. The number of hydrogen-bond acceptors (Lipinski definition) is 5. The zero-order valence-corrected chi connectivity index (χ0v) is 14.2. The van der Waals surface area contributed by atoms with Crippen LogP contribution in [0.4, 0.5) is 0 Å². The zero-order valence-electron chi connectivity index (χ0n) is 14.2. The number of benzene rings is 2. The van der Waals surface area contributed by atoms with Crippen LogP contribution in [0.5, 0.6) is 11.5 Å². The van der Waals surface area contributed by atoms with Gasteiger partial charge in [0.15, 0.2) is 16.9 Å². The van der Waals surface area contributed by atoms with E-state index in [2.05, 4.69) is 0 Å². The van der Waals surface area contributed by atoms with Crippen molar-refractivity contribution in [1.82, 2.24) is 0 Å². The standard InChI is InChI=1S/C21H14O6/c22-19-14-4-2-12(7-11-1-5-17-18(8-11)26-10-25-17)20(14)27-16-6-3-13(21(23)24)9-15(16)19/h1,3,5-9H,2,4,10H2,(H,23,24). The molecule has 134 valence electrons. The summed E-state index contributed by atoms with van der Waals surface area (Å²) in [5.41, 5.74) is 2.77. The maximum absolute atomic E-state index is 12.8. The Hall–Kier alpha value is -3.54. The van der Waals surface area contributed by atoms with Gasteiger partial charge in [-0.25, -0.2) is 4.79 Å². The third kappa shape index (κ3) is 2.49. The van der Waals surface area contributed by atoms with Crippen molar-refractivity contribution in [3.05, 3.63) is 69.1 Å². The summed E-state index contributed by atoms with van der Waals surface area (Å²) in [4.78, 5) is 24.0. The van der Waals surface area contributed by atoms with Gasteiger partial charge in [0.25, 0.3) is 0 Å². The van der Waals surface area contributed by atoms with Crippen LogP contribution in [0.2, 0.25) is 0 Å². The van der Waals surface area contributed by atoms with Crippen molar-refractivity contribution in [3.63, 3.8) is 0 Å². The SMILES string of the molecule is O=C(O)c1ccc2oc3c(c(=O)c2c1)CCC3=Cc1ccc2c(c1)OCO2. The molecule has 3 aromatic rings. The van der Waals surface area contributed by atoms with E-state index >= 15 is 0 Å². The van der Waals surface area contributed by atoms with E-state index in [0.29, 0.717) is 40.9 Å². The molecule has 6 heteroatoms. The van der Waals surface area contributed by atoms with Gasteiger partial charge in [0.05, 0.1) is 10.9 Å². The first-order valence-corrected chi connectivity index (χ1v) is 8.54. The summed E-state index contributed by atoms with van der Waals surface area (Å²) in [5, 5.41) is 9.44. The smallest absolute Gasteiger partial charge is 0.335 e. The predicted octanol–water partition coefficient (Wildman–Crippen LogP) is 3.71. The number of fused-ring (bicyclic) bond motifs is 3. The summed E-state index contributed by atoms with van der Waals surface area (Å²) in [7, 11) is 0. The first-order valence-electron chi connectivity index (χ1n) is 8.54.